The molecule has 2 heteroatoms. The van der Waals surface area contributed by atoms with Gasteiger partial charge < -0.3 is 4.79 Å². The second-order valence-electron chi connectivity index (χ2n) is 8.39. The van der Waals surface area contributed by atoms with Crippen molar-refractivity contribution in [1.82, 2.24) is 0 Å². The van der Waals surface area contributed by atoms with E-state index in [1.807, 2.05) is 36.0 Å². The van der Waals surface area contributed by atoms with Crippen LogP contribution in [0.15, 0.2) is 108 Å². The van der Waals surface area contributed by atoms with Crippen LogP contribution in [0.3, 0.4) is 0 Å². The van der Waals surface area contributed by atoms with Gasteiger partial charge in [0.15, 0.2) is 0 Å². The van der Waals surface area contributed by atoms with E-state index in [4.69, 9.17) is 0 Å². The number of hydrogen-bond acceptors (Lipinski definition) is 2. The van der Waals surface area contributed by atoms with Gasteiger partial charge in [0.2, 0.25) is 0 Å². The van der Waals surface area contributed by atoms with E-state index in [0.29, 0.717) is 12.3 Å². The fourth-order valence-corrected chi connectivity index (χ4v) is 5.08. The van der Waals surface area contributed by atoms with Gasteiger partial charge in [-0.15, -0.1) is 11.8 Å². The van der Waals surface area contributed by atoms with E-state index in [9.17, 15) is 4.79 Å². The number of allylic oxidation sites excluding steroid dienone is 2. The van der Waals surface area contributed by atoms with Crippen LogP contribution in [0.2, 0.25) is 0 Å². The van der Waals surface area contributed by atoms with Crippen LogP contribution in [-0.2, 0) is 4.79 Å². The van der Waals surface area contributed by atoms with Crippen LogP contribution >= 0.6 is 11.8 Å². The predicted molar refractivity (Wildman–Crippen MR) is 138 cm³/mol. The van der Waals surface area contributed by atoms with Crippen molar-refractivity contribution in [3.63, 3.8) is 0 Å². The average Bonchev–Trinajstić information content (AvgIpc) is 2.86. The Labute approximate surface area is 198 Å². The third-order valence-electron chi connectivity index (χ3n) is 6.04. The third kappa shape index (κ3) is 8.16. The highest BCUT2D eigenvalue weighted by atomic mass is 32.2. The molecule has 0 saturated heterocycles. The van der Waals surface area contributed by atoms with Crippen LogP contribution in [0.4, 0.5) is 0 Å². The molecular weight excluding hydrogens is 408 g/mol. The summed E-state index contributed by atoms with van der Waals surface area (Å²) in [6.07, 6.45) is 8.90. The van der Waals surface area contributed by atoms with Crippen molar-refractivity contribution >= 4 is 18.0 Å². The molecule has 2 atom stereocenters. The van der Waals surface area contributed by atoms with Gasteiger partial charge >= 0.3 is 0 Å². The zero-order valence-electron chi connectivity index (χ0n) is 19.0. The summed E-state index contributed by atoms with van der Waals surface area (Å²) in [7, 11) is 0. The zero-order valence-corrected chi connectivity index (χ0v) is 19.8. The summed E-state index contributed by atoms with van der Waals surface area (Å²) in [5.74, 6) is 2.15. The van der Waals surface area contributed by atoms with Gasteiger partial charge in [0.25, 0.3) is 0 Å². The molecule has 3 aromatic rings. The van der Waals surface area contributed by atoms with E-state index >= 15 is 0 Å². The number of aldehydes is 1. The Hall–Kier alpha value is -2.58. The topological polar surface area (TPSA) is 17.1 Å². The Balaban J connectivity index is 0.000000193. The van der Waals surface area contributed by atoms with Crippen LogP contribution in [0, 0.1) is 0 Å². The monoisotopic (exact) mass is 442 g/mol. The number of hydrogen-bond donors (Lipinski definition) is 0. The smallest absolute Gasteiger partial charge is 0.120 e. The summed E-state index contributed by atoms with van der Waals surface area (Å²) in [5, 5.41) is 0. The highest BCUT2D eigenvalue weighted by Gasteiger charge is 2.13. The molecule has 0 bridgehead atoms. The van der Waals surface area contributed by atoms with Crippen molar-refractivity contribution < 1.29 is 4.79 Å². The van der Waals surface area contributed by atoms with E-state index in [2.05, 4.69) is 79.7 Å². The zero-order chi connectivity index (χ0) is 22.4. The maximum Gasteiger partial charge on any atom is 0.120 e. The van der Waals surface area contributed by atoms with Gasteiger partial charge in [0.1, 0.15) is 6.29 Å². The lowest BCUT2D eigenvalue weighted by molar-refractivity contribution is -0.108. The van der Waals surface area contributed by atoms with E-state index in [-0.39, 0.29) is 0 Å². The second kappa shape index (κ2) is 13.8. The maximum atomic E-state index is 10.8. The summed E-state index contributed by atoms with van der Waals surface area (Å²) in [6.45, 7) is 2.24. The number of rotatable bonds is 8. The van der Waals surface area contributed by atoms with Gasteiger partial charge in [0.05, 0.1) is 0 Å². The van der Waals surface area contributed by atoms with Crippen molar-refractivity contribution in [3.05, 3.63) is 114 Å². The van der Waals surface area contributed by atoms with Gasteiger partial charge in [-0.2, -0.15) is 0 Å². The Morgan fingerprint density at radius 3 is 2.12 bits per heavy atom. The first-order valence-corrected chi connectivity index (χ1v) is 12.6. The Bertz CT molecular complexity index is 934. The van der Waals surface area contributed by atoms with E-state index < -0.39 is 0 Å². The van der Waals surface area contributed by atoms with Crippen molar-refractivity contribution in [2.24, 2.45) is 0 Å². The Morgan fingerprint density at radius 1 is 0.906 bits per heavy atom. The standard InChI is InChI=1S/C17H18OS.C13H16/c18-13-11-16(15-7-3-1-4-8-15)12-14-19-17-9-5-2-6-10-17;1-11-7-9-13(10-8-11)12-5-3-2-4-6-12/h1-10,13,16H,11-12,14H2;2-7,13H,8-10H2,1H3. The van der Waals surface area contributed by atoms with Crippen LogP contribution < -0.4 is 0 Å². The largest absolute Gasteiger partial charge is 0.303 e. The summed E-state index contributed by atoms with van der Waals surface area (Å²) in [6, 6.07) is 31.6. The van der Waals surface area contributed by atoms with Crippen molar-refractivity contribution in [2.75, 3.05) is 5.75 Å². The molecule has 4 rings (SSSR count). The summed E-state index contributed by atoms with van der Waals surface area (Å²) >= 11 is 1.85. The number of carbonyl (C=O) groups excluding carboxylic acids is 1. The first-order chi connectivity index (χ1) is 15.8. The molecule has 0 saturated carbocycles. The molecule has 3 aromatic carbocycles. The number of carbonyl (C=O) groups is 1. The SMILES string of the molecule is CC1=CCC(c2ccccc2)CC1.O=CCC(CCSc1ccccc1)c1ccccc1. The minimum Gasteiger partial charge on any atom is -0.303 e. The quantitative estimate of drug-likeness (QED) is 0.198. The minimum atomic E-state index is 0.343. The van der Waals surface area contributed by atoms with E-state index in [1.54, 1.807) is 5.57 Å². The van der Waals surface area contributed by atoms with Crippen LogP contribution in [0.5, 0.6) is 0 Å². The van der Waals surface area contributed by atoms with E-state index in [1.165, 1.54) is 35.3 Å². The summed E-state index contributed by atoms with van der Waals surface area (Å²) < 4.78 is 0. The summed E-state index contributed by atoms with van der Waals surface area (Å²) in [5.41, 5.74) is 4.33. The van der Waals surface area contributed by atoms with Gasteiger partial charge in [-0.25, -0.2) is 0 Å². The molecule has 0 heterocycles. The molecule has 0 amide bonds. The molecular formula is C30H34OS. The second-order valence-corrected chi connectivity index (χ2v) is 9.56. The number of benzene rings is 3. The lowest BCUT2D eigenvalue weighted by Gasteiger charge is -2.20. The molecule has 166 valence electrons. The first kappa shape index (κ1) is 24.1. The third-order valence-corrected chi connectivity index (χ3v) is 7.08. The fraction of sp³-hybridized carbons (Fsp3) is 0.300. The molecule has 1 aliphatic carbocycles. The predicted octanol–water partition coefficient (Wildman–Crippen LogP) is 8.44. The van der Waals surface area contributed by atoms with Gasteiger partial charge in [-0.05, 0) is 73.5 Å². The van der Waals surface area contributed by atoms with Gasteiger partial charge in [-0.3, -0.25) is 0 Å². The Morgan fingerprint density at radius 2 is 1.53 bits per heavy atom. The molecule has 1 aliphatic rings. The van der Waals surface area contributed by atoms with Gasteiger partial charge in [0, 0.05) is 11.3 Å². The fourth-order valence-electron chi connectivity index (χ4n) is 4.09. The lowest BCUT2D eigenvalue weighted by Crippen LogP contribution is -2.02. The van der Waals surface area contributed by atoms with Crippen molar-refractivity contribution in [2.45, 2.75) is 55.8 Å². The van der Waals surface area contributed by atoms with Crippen LogP contribution in [-0.4, -0.2) is 12.0 Å². The maximum absolute atomic E-state index is 10.8. The lowest BCUT2D eigenvalue weighted by atomic mass is 9.85. The Kier molecular flexibility index (Phi) is 10.3. The van der Waals surface area contributed by atoms with Crippen LogP contribution in [0.1, 0.15) is 62.0 Å². The normalized spacial score (nSPS) is 16.3. The molecule has 0 spiro atoms. The average molecular weight is 443 g/mol. The molecule has 1 nitrogen and oxygen atoms in total. The molecule has 0 radical (unpaired) electrons. The summed E-state index contributed by atoms with van der Waals surface area (Å²) in [4.78, 5) is 12.1. The number of thioether (sulfide) groups is 1. The molecule has 0 aliphatic heterocycles. The molecule has 2 unspecified atom stereocenters. The first-order valence-electron chi connectivity index (χ1n) is 11.6. The molecule has 0 N–H and O–H groups in total. The molecule has 0 fully saturated rings. The van der Waals surface area contributed by atoms with Crippen molar-refractivity contribution in [1.29, 1.82) is 0 Å². The highest BCUT2D eigenvalue weighted by molar-refractivity contribution is 7.99. The minimum absolute atomic E-state index is 0.343. The van der Waals surface area contributed by atoms with E-state index in [0.717, 1.165) is 24.4 Å². The molecule has 32 heavy (non-hydrogen) atoms. The highest BCUT2D eigenvalue weighted by Crippen LogP contribution is 2.31. The molecule has 0 aromatic heterocycles. The van der Waals surface area contributed by atoms with Gasteiger partial charge in [-0.1, -0.05) is 90.5 Å². The van der Waals surface area contributed by atoms with Crippen molar-refractivity contribution in [3.8, 4) is 0 Å². The van der Waals surface area contributed by atoms with Crippen LogP contribution in [0.25, 0.3) is 0 Å².